The van der Waals surface area contributed by atoms with Gasteiger partial charge in [-0.1, -0.05) is 0 Å². The van der Waals surface area contributed by atoms with Gasteiger partial charge in [-0.2, -0.15) is 10.2 Å². The molecule has 0 bridgehead atoms. The molecule has 0 amide bonds. The molecular weight excluding hydrogens is 382 g/mol. The molecule has 0 saturated heterocycles. The van der Waals surface area contributed by atoms with E-state index in [0.29, 0.717) is 28.1 Å². The number of nitrogens with one attached hydrogen (secondary N) is 1. The predicted molar refractivity (Wildman–Crippen MR) is 112 cm³/mol. The minimum absolute atomic E-state index is 0.130. The summed E-state index contributed by atoms with van der Waals surface area (Å²) in [5, 5.41) is 18.8. The Labute approximate surface area is 172 Å². The van der Waals surface area contributed by atoms with Gasteiger partial charge in [0.2, 0.25) is 0 Å². The predicted octanol–water partition coefficient (Wildman–Crippen LogP) is 2.14. The first kappa shape index (κ1) is 18.7. The van der Waals surface area contributed by atoms with E-state index in [2.05, 4.69) is 15.2 Å². The molecule has 154 valence electrons. The highest BCUT2D eigenvalue weighted by Crippen LogP contribution is 2.33. The molecule has 5 rings (SSSR count). The van der Waals surface area contributed by atoms with Gasteiger partial charge in [0.05, 0.1) is 29.6 Å². The molecule has 1 aliphatic rings. The van der Waals surface area contributed by atoms with Gasteiger partial charge in [-0.05, 0) is 31.7 Å². The monoisotopic (exact) mass is 405 g/mol. The third-order valence-corrected chi connectivity index (χ3v) is 5.77. The lowest BCUT2D eigenvalue weighted by Gasteiger charge is -2.24. The van der Waals surface area contributed by atoms with Crippen LogP contribution in [-0.2, 0) is 14.1 Å². The van der Waals surface area contributed by atoms with Crippen molar-refractivity contribution in [3.63, 3.8) is 0 Å². The summed E-state index contributed by atoms with van der Waals surface area (Å²) >= 11 is 0. The number of aromatic amines is 1. The Balaban J connectivity index is 1.72. The number of H-pyrrole nitrogens is 1. The van der Waals surface area contributed by atoms with E-state index in [1.54, 1.807) is 27.8 Å². The minimum Gasteiger partial charge on any atom is -0.393 e. The molecule has 1 aliphatic carbocycles. The summed E-state index contributed by atoms with van der Waals surface area (Å²) in [5.74, 6) is 0.797. The van der Waals surface area contributed by atoms with Gasteiger partial charge in [0.25, 0.3) is 5.56 Å². The number of aromatic nitrogens is 7. The van der Waals surface area contributed by atoms with E-state index < -0.39 is 0 Å². The van der Waals surface area contributed by atoms with Crippen LogP contribution in [-0.4, -0.2) is 45.7 Å². The van der Waals surface area contributed by atoms with Gasteiger partial charge in [-0.25, -0.2) is 9.97 Å². The first-order valence-electron chi connectivity index (χ1n) is 10.1. The summed E-state index contributed by atoms with van der Waals surface area (Å²) in [4.78, 5) is 25.8. The molecule has 4 heterocycles. The van der Waals surface area contributed by atoms with Crippen molar-refractivity contribution in [1.29, 1.82) is 0 Å². The molecule has 1 saturated carbocycles. The second-order valence-corrected chi connectivity index (χ2v) is 8.01. The van der Waals surface area contributed by atoms with Gasteiger partial charge in [0, 0.05) is 43.5 Å². The van der Waals surface area contributed by atoms with Crippen LogP contribution in [0.4, 0.5) is 0 Å². The van der Waals surface area contributed by atoms with Crippen LogP contribution in [0.1, 0.15) is 37.4 Å². The smallest absolute Gasteiger partial charge is 0.258 e. The summed E-state index contributed by atoms with van der Waals surface area (Å²) in [6.07, 6.45) is 9.98. The summed E-state index contributed by atoms with van der Waals surface area (Å²) < 4.78 is 3.41. The highest BCUT2D eigenvalue weighted by molar-refractivity contribution is 5.93. The first-order valence-corrected chi connectivity index (χ1v) is 10.1. The van der Waals surface area contributed by atoms with Crippen LogP contribution in [0, 0.1) is 0 Å². The second-order valence-electron chi connectivity index (χ2n) is 8.01. The van der Waals surface area contributed by atoms with Gasteiger partial charge in [0.1, 0.15) is 17.0 Å². The van der Waals surface area contributed by atoms with E-state index in [1.807, 2.05) is 26.5 Å². The largest absolute Gasteiger partial charge is 0.393 e. The average Bonchev–Trinajstić information content (AvgIpc) is 3.36. The minimum atomic E-state index is -0.261. The fourth-order valence-electron chi connectivity index (χ4n) is 4.15. The number of pyridine rings is 1. The lowest BCUT2D eigenvalue weighted by atomic mass is 9.87. The van der Waals surface area contributed by atoms with Gasteiger partial charge < -0.3 is 10.1 Å². The van der Waals surface area contributed by atoms with Crippen LogP contribution in [0.2, 0.25) is 0 Å². The molecule has 1 fully saturated rings. The highest BCUT2D eigenvalue weighted by atomic mass is 16.3. The Kier molecular flexibility index (Phi) is 4.47. The van der Waals surface area contributed by atoms with Crippen molar-refractivity contribution in [2.75, 3.05) is 0 Å². The van der Waals surface area contributed by atoms with Crippen molar-refractivity contribution in [3.8, 4) is 22.5 Å². The molecular formula is C21H23N7O2. The molecule has 4 aromatic heterocycles. The number of hydrogen-bond acceptors (Lipinski definition) is 6. The number of rotatable bonds is 3. The van der Waals surface area contributed by atoms with Crippen molar-refractivity contribution in [2.45, 2.75) is 37.7 Å². The Morgan fingerprint density at radius 1 is 1.00 bits per heavy atom. The molecule has 30 heavy (non-hydrogen) atoms. The van der Waals surface area contributed by atoms with Crippen molar-refractivity contribution in [3.05, 3.63) is 47.0 Å². The molecule has 0 unspecified atom stereocenters. The zero-order valence-electron chi connectivity index (χ0n) is 16.9. The number of aliphatic hydroxyl groups excluding tert-OH is 1. The van der Waals surface area contributed by atoms with E-state index in [4.69, 9.17) is 9.97 Å². The number of hydrogen-bond donors (Lipinski definition) is 2. The molecule has 9 heteroatoms. The van der Waals surface area contributed by atoms with Crippen molar-refractivity contribution in [2.24, 2.45) is 14.1 Å². The Morgan fingerprint density at radius 3 is 2.30 bits per heavy atom. The maximum atomic E-state index is 13.1. The third kappa shape index (κ3) is 3.30. The lowest BCUT2D eigenvalue weighted by molar-refractivity contribution is 0.121. The lowest BCUT2D eigenvalue weighted by Crippen LogP contribution is -2.21. The van der Waals surface area contributed by atoms with Crippen molar-refractivity contribution < 1.29 is 5.11 Å². The van der Waals surface area contributed by atoms with E-state index in [-0.39, 0.29) is 17.6 Å². The van der Waals surface area contributed by atoms with Gasteiger partial charge in [-0.3, -0.25) is 14.2 Å². The maximum absolute atomic E-state index is 13.1. The van der Waals surface area contributed by atoms with Gasteiger partial charge >= 0.3 is 0 Å². The molecule has 0 spiro atoms. The normalized spacial score (nSPS) is 19.4. The van der Waals surface area contributed by atoms with Gasteiger partial charge in [-0.15, -0.1) is 0 Å². The van der Waals surface area contributed by atoms with Crippen LogP contribution in [0.3, 0.4) is 0 Å². The number of nitrogens with zero attached hydrogens (tertiary/aromatic N) is 6. The Hall–Kier alpha value is -3.33. The summed E-state index contributed by atoms with van der Waals surface area (Å²) in [6.45, 7) is 0. The summed E-state index contributed by atoms with van der Waals surface area (Å²) in [5.41, 5.74) is 3.31. The quantitative estimate of drug-likeness (QED) is 0.540. The van der Waals surface area contributed by atoms with E-state index in [1.165, 1.54) is 0 Å². The second kappa shape index (κ2) is 7.17. The van der Waals surface area contributed by atoms with Crippen molar-refractivity contribution in [1.82, 2.24) is 34.5 Å². The van der Waals surface area contributed by atoms with Crippen LogP contribution < -0.4 is 5.56 Å². The fourth-order valence-corrected chi connectivity index (χ4v) is 4.15. The maximum Gasteiger partial charge on any atom is 0.258 e. The molecule has 0 radical (unpaired) electrons. The third-order valence-electron chi connectivity index (χ3n) is 5.77. The SMILES string of the molecule is Cn1cc(-c2cc3c(=O)[nH]c(C4CCC(O)CC4)nc3c(-c3cnn(C)c3)n2)cn1. The topological polar surface area (TPSA) is 115 Å². The Morgan fingerprint density at radius 2 is 1.67 bits per heavy atom. The van der Waals surface area contributed by atoms with Crippen LogP contribution in [0.25, 0.3) is 33.4 Å². The summed E-state index contributed by atoms with van der Waals surface area (Å²) in [6, 6.07) is 1.77. The number of aliphatic hydroxyl groups is 1. The Bertz CT molecular complexity index is 1280. The standard InChI is InChI=1S/C21H23N7O2/c1-27-10-13(8-22-27)17-7-16-19(18(24-17)14-9-23-28(2)11-14)25-20(26-21(16)30)12-3-5-15(29)6-4-12/h7-12,15,29H,3-6H2,1-2H3,(H,25,26,30). The molecule has 9 nitrogen and oxygen atoms in total. The van der Waals surface area contributed by atoms with Crippen molar-refractivity contribution >= 4 is 10.9 Å². The number of aryl methyl sites for hydroxylation is 2. The first-order chi connectivity index (χ1) is 14.5. The molecule has 2 N–H and O–H groups in total. The highest BCUT2D eigenvalue weighted by Gasteiger charge is 2.24. The fraction of sp³-hybridized carbons (Fsp3) is 0.381. The van der Waals surface area contributed by atoms with Crippen LogP contribution in [0.15, 0.2) is 35.6 Å². The number of fused-ring (bicyclic) bond motifs is 1. The molecule has 0 atom stereocenters. The van der Waals surface area contributed by atoms with Gasteiger partial charge in [0.15, 0.2) is 0 Å². The molecule has 0 aromatic carbocycles. The summed E-state index contributed by atoms with van der Waals surface area (Å²) in [7, 11) is 3.68. The van der Waals surface area contributed by atoms with Crippen LogP contribution in [0.5, 0.6) is 0 Å². The molecule has 0 aliphatic heterocycles. The van der Waals surface area contributed by atoms with E-state index in [0.717, 1.165) is 36.8 Å². The molecule has 4 aromatic rings. The van der Waals surface area contributed by atoms with E-state index in [9.17, 15) is 9.90 Å². The zero-order chi connectivity index (χ0) is 20.8. The van der Waals surface area contributed by atoms with Crippen LogP contribution >= 0.6 is 0 Å². The van der Waals surface area contributed by atoms with E-state index >= 15 is 0 Å². The zero-order valence-corrected chi connectivity index (χ0v) is 16.9. The average molecular weight is 405 g/mol.